The summed E-state index contributed by atoms with van der Waals surface area (Å²) in [5, 5.41) is 6.84. The number of benzene rings is 2. The number of nitrogens with zero attached hydrogens (tertiary/aromatic N) is 2. The van der Waals surface area contributed by atoms with E-state index in [1.165, 1.54) is 0 Å². The number of carbonyl (C=O) groups is 3. The van der Waals surface area contributed by atoms with Gasteiger partial charge in [0.2, 0.25) is 5.91 Å². The van der Waals surface area contributed by atoms with Gasteiger partial charge in [0.1, 0.15) is 6.04 Å². The maximum atomic E-state index is 13.1. The van der Waals surface area contributed by atoms with E-state index in [0.717, 1.165) is 29.3 Å². The molecule has 1 aliphatic carbocycles. The van der Waals surface area contributed by atoms with Crippen LogP contribution in [0.25, 0.3) is 10.9 Å². The molecule has 0 radical (unpaired) electrons. The molecule has 0 spiro atoms. The molecule has 2 aromatic carbocycles. The van der Waals surface area contributed by atoms with Crippen molar-refractivity contribution >= 4 is 28.7 Å². The van der Waals surface area contributed by atoms with Crippen LogP contribution < -0.4 is 10.6 Å². The second-order valence-corrected chi connectivity index (χ2v) is 9.00. The number of carbonyl (C=O) groups excluding carboxylic acids is 3. The lowest BCUT2D eigenvalue weighted by atomic mass is 10.1. The molecule has 8 heteroatoms. The highest BCUT2D eigenvalue weighted by molar-refractivity contribution is 6.06. The predicted molar refractivity (Wildman–Crippen MR) is 129 cm³/mol. The third-order valence-corrected chi connectivity index (χ3v) is 6.49. The van der Waals surface area contributed by atoms with Crippen molar-refractivity contribution in [3.63, 3.8) is 0 Å². The standard InChI is InChI=1S/C26H29N5O3/c32-24(28-19-10-11-19)23(16-18-6-2-1-3-7-18)29-26(34)31-14-12-30(13-15-31)25(33)21-17-27-22-9-5-4-8-20(21)22/h1-9,17,19,23,27H,10-16H2,(H,28,32)(H,29,34). The average molecular weight is 460 g/mol. The van der Waals surface area contributed by atoms with Crippen LogP contribution in [-0.2, 0) is 11.2 Å². The van der Waals surface area contributed by atoms with E-state index in [-0.39, 0.29) is 23.9 Å². The summed E-state index contributed by atoms with van der Waals surface area (Å²) in [6.07, 6.45) is 4.16. The first-order valence-corrected chi connectivity index (χ1v) is 11.8. The van der Waals surface area contributed by atoms with Gasteiger partial charge in [0.05, 0.1) is 5.56 Å². The zero-order chi connectivity index (χ0) is 23.5. The van der Waals surface area contributed by atoms with E-state index in [0.29, 0.717) is 38.2 Å². The lowest BCUT2D eigenvalue weighted by molar-refractivity contribution is -0.123. The Morgan fingerprint density at radius 3 is 2.32 bits per heavy atom. The second kappa shape index (κ2) is 9.59. The van der Waals surface area contributed by atoms with Gasteiger partial charge in [0, 0.05) is 55.7 Å². The molecule has 1 saturated carbocycles. The number of urea groups is 1. The predicted octanol–water partition coefficient (Wildman–Crippen LogP) is 2.53. The van der Waals surface area contributed by atoms with Crippen molar-refractivity contribution in [2.24, 2.45) is 0 Å². The van der Waals surface area contributed by atoms with Gasteiger partial charge in [-0.15, -0.1) is 0 Å². The molecule has 1 aliphatic heterocycles. The van der Waals surface area contributed by atoms with Crippen molar-refractivity contribution in [3.05, 3.63) is 71.9 Å². The van der Waals surface area contributed by atoms with E-state index in [1.54, 1.807) is 16.0 Å². The lowest BCUT2D eigenvalue weighted by Crippen LogP contribution is -2.57. The minimum absolute atomic E-state index is 0.0386. The van der Waals surface area contributed by atoms with Crippen LogP contribution in [0.2, 0.25) is 0 Å². The maximum absolute atomic E-state index is 13.1. The highest BCUT2D eigenvalue weighted by Gasteiger charge is 2.31. The van der Waals surface area contributed by atoms with Crippen LogP contribution in [0.5, 0.6) is 0 Å². The zero-order valence-corrected chi connectivity index (χ0v) is 19.0. The van der Waals surface area contributed by atoms with Crippen LogP contribution in [0.4, 0.5) is 4.79 Å². The van der Waals surface area contributed by atoms with Crippen molar-refractivity contribution in [2.75, 3.05) is 26.2 Å². The molecular weight excluding hydrogens is 430 g/mol. The molecule has 8 nitrogen and oxygen atoms in total. The van der Waals surface area contributed by atoms with Gasteiger partial charge in [-0.25, -0.2) is 4.79 Å². The molecule has 2 fully saturated rings. The number of fused-ring (bicyclic) bond motifs is 1. The quantitative estimate of drug-likeness (QED) is 0.528. The van der Waals surface area contributed by atoms with Gasteiger partial charge in [0.15, 0.2) is 0 Å². The fourth-order valence-corrected chi connectivity index (χ4v) is 4.36. The number of aromatic nitrogens is 1. The molecule has 1 aromatic heterocycles. The van der Waals surface area contributed by atoms with Gasteiger partial charge in [0.25, 0.3) is 5.91 Å². The summed E-state index contributed by atoms with van der Waals surface area (Å²) in [4.78, 5) is 45.5. The molecule has 176 valence electrons. The number of H-pyrrole nitrogens is 1. The molecule has 5 rings (SSSR count). The first kappa shape index (κ1) is 22.0. The Morgan fingerprint density at radius 2 is 1.59 bits per heavy atom. The van der Waals surface area contributed by atoms with Crippen molar-refractivity contribution in [3.8, 4) is 0 Å². The van der Waals surface area contributed by atoms with Gasteiger partial charge in [-0.3, -0.25) is 9.59 Å². The van der Waals surface area contributed by atoms with E-state index in [1.807, 2.05) is 54.6 Å². The largest absolute Gasteiger partial charge is 0.360 e. The molecular formula is C26H29N5O3. The van der Waals surface area contributed by atoms with E-state index >= 15 is 0 Å². The molecule has 1 unspecified atom stereocenters. The highest BCUT2D eigenvalue weighted by atomic mass is 16.2. The topological polar surface area (TPSA) is 97.5 Å². The lowest BCUT2D eigenvalue weighted by Gasteiger charge is -2.35. The number of hydrogen-bond acceptors (Lipinski definition) is 3. The number of para-hydroxylation sites is 1. The van der Waals surface area contributed by atoms with Crippen LogP contribution >= 0.6 is 0 Å². The van der Waals surface area contributed by atoms with Crippen molar-refractivity contribution in [1.82, 2.24) is 25.4 Å². The summed E-state index contributed by atoms with van der Waals surface area (Å²) in [5.74, 6) is -0.184. The van der Waals surface area contributed by atoms with E-state index in [9.17, 15) is 14.4 Å². The summed E-state index contributed by atoms with van der Waals surface area (Å²) in [6.45, 7) is 1.73. The van der Waals surface area contributed by atoms with Gasteiger partial charge in [-0.2, -0.15) is 0 Å². The third kappa shape index (κ3) is 4.90. The maximum Gasteiger partial charge on any atom is 0.318 e. The third-order valence-electron chi connectivity index (χ3n) is 6.49. The van der Waals surface area contributed by atoms with Crippen LogP contribution in [-0.4, -0.2) is 70.9 Å². The SMILES string of the molecule is O=C(NC1CC1)C(Cc1ccccc1)NC(=O)N1CCN(C(=O)c2c[nH]c3ccccc23)CC1. The smallest absolute Gasteiger partial charge is 0.318 e. The molecule has 2 aliphatic rings. The Balaban J connectivity index is 1.19. The second-order valence-electron chi connectivity index (χ2n) is 9.00. The molecule has 1 saturated heterocycles. The zero-order valence-electron chi connectivity index (χ0n) is 19.0. The van der Waals surface area contributed by atoms with E-state index in [2.05, 4.69) is 15.6 Å². The molecule has 4 amide bonds. The van der Waals surface area contributed by atoms with Crippen molar-refractivity contribution in [2.45, 2.75) is 31.3 Å². The van der Waals surface area contributed by atoms with Gasteiger partial charge in [-0.05, 0) is 24.5 Å². The first-order valence-electron chi connectivity index (χ1n) is 11.8. The molecule has 34 heavy (non-hydrogen) atoms. The highest BCUT2D eigenvalue weighted by Crippen LogP contribution is 2.21. The Kier molecular flexibility index (Phi) is 6.20. The van der Waals surface area contributed by atoms with Crippen LogP contribution in [0.3, 0.4) is 0 Å². The van der Waals surface area contributed by atoms with Crippen LogP contribution in [0, 0.1) is 0 Å². The van der Waals surface area contributed by atoms with Crippen LogP contribution in [0.1, 0.15) is 28.8 Å². The number of piperazine rings is 1. The van der Waals surface area contributed by atoms with E-state index < -0.39 is 6.04 Å². The van der Waals surface area contributed by atoms with Gasteiger partial charge >= 0.3 is 6.03 Å². The molecule has 3 aromatic rings. The molecule has 0 bridgehead atoms. The summed E-state index contributed by atoms with van der Waals surface area (Å²) in [5.41, 5.74) is 2.57. The Labute approximate surface area is 198 Å². The van der Waals surface area contributed by atoms with Crippen LogP contribution in [0.15, 0.2) is 60.8 Å². The summed E-state index contributed by atoms with van der Waals surface area (Å²) < 4.78 is 0. The normalized spacial score (nSPS) is 16.8. The van der Waals surface area contributed by atoms with Crippen molar-refractivity contribution < 1.29 is 14.4 Å². The molecule has 1 atom stereocenters. The molecule has 3 N–H and O–H groups in total. The Bertz CT molecular complexity index is 1180. The number of aromatic amines is 1. The number of amides is 4. The summed E-state index contributed by atoms with van der Waals surface area (Å²) >= 11 is 0. The minimum Gasteiger partial charge on any atom is -0.360 e. The van der Waals surface area contributed by atoms with Crippen molar-refractivity contribution in [1.29, 1.82) is 0 Å². The fourth-order valence-electron chi connectivity index (χ4n) is 4.36. The number of rotatable bonds is 6. The van der Waals surface area contributed by atoms with Gasteiger partial charge < -0.3 is 25.4 Å². The summed E-state index contributed by atoms with van der Waals surface area (Å²) in [6, 6.07) is 16.7. The Hall–Kier alpha value is -3.81. The monoisotopic (exact) mass is 459 g/mol. The fraction of sp³-hybridized carbons (Fsp3) is 0.346. The molecule has 2 heterocycles. The minimum atomic E-state index is -0.638. The van der Waals surface area contributed by atoms with E-state index in [4.69, 9.17) is 0 Å². The first-order chi connectivity index (χ1) is 16.6. The summed E-state index contributed by atoms with van der Waals surface area (Å²) in [7, 11) is 0. The van der Waals surface area contributed by atoms with Gasteiger partial charge in [-0.1, -0.05) is 48.5 Å². The Morgan fingerprint density at radius 1 is 0.912 bits per heavy atom. The number of hydrogen-bond donors (Lipinski definition) is 3. The average Bonchev–Trinajstić information content (AvgIpc) is 3.58. The number of nitrogens with one attached hydrogen (secondary N) is 3.